The lowest BCUT2D eigenvalue weighted by Gasteiger charge is -2.21. The third kappa shape index (κ3) is 2.79. The molecule has 102 valence electrons. The molecule has 0 fully saturated rings. The number of aromatic nitrogens is 1. The molecule has 19 heavy (non-hydrogen) atoms. The van der Waals surface area contributed by atoms with Crippen molar-refractivity contribution in [3.05, 3.63) is 41.1 Å². The lowest BCUT2D eigenvalue weighted by Crippen LogP contribution is -2.16. The van der Waals surface area contributed by atoms with Gasteiger partial charge in [0.15, 0.2) is 0 Å². The summed E-state index contributed by atoms with van der Waals surface area (Å²) >= 11 is 0. The fourth-order valence-corrected chi connectivity index (χ4v) is 2.28. The topological polar surface area (TPSA) is 38.9 Å². The van der Waals surface area contributed by atoms with E-state index in [1.165, 1.54) is 16.5 Å². The minimum absolute atomic E-state index is 0.0266. The van der Waals surface area contributed by atoms with Crippen LogP contribution in [-0.4, -0.2) is 4.98 Å². The van der Waals surface area contributed by atoms with Gasteiger partial charge in [-0.25, -0.2) is 0 Å². The molecule has 2 rings (SSSR count). The summed E-state index contributed by atoms with van der Waals surface area (Å²) in [6.07, 6.45) is 1.04. The normalized spacial score (nSPS) is 13.8. The van der Waals surface area contributed by atoms with E-state index in [2.05, 4.69) is 52.0 Å². The molecule has 0 aliphatic heterocycles. The molecule has 1 unspecified atom stereocenters. The van der Waals surface area contributed by atoms with E-state index in [0.717, 1.165) is 17.6 Å². The van der Waals surface area contributed by atoms with Gasteiger partial charge in [0.2, 0.25) is 0 Å². The van der Waals surface area contributed by atoms with E-state index in [0.29, 0.717) is 0 Å². The maximum atomic E-state index is 6.16. The number of hydrogen-bond acceptors (Lipinski definition) is 2. The van der Waals surface area contributed by atoms with Crippen LogP contribution in [0.25, 0.3) is 10.9 Å². The first-order valence-electron chi connectivity index (χ1n) is 7.02. The number of nitrogens with zero attached hydrogens (tertiary/aromatic N) is 1. The Hall–Kier alpha value is -1.41. The molecular weight excluding hydrogens is 232 g/mol. The first kappa shape index (κ1) is 14.0. The molecule has 0 aliphatic carbocycles. The van der Waals surface area contributed by atoms with Gasteiger partial charge in [0.05, 0.1) is 5.52 Å². The van der Waals surface area contributed by atoms with Gasteiger partial charge in [-0.05, 0) is 42.7 Å². The molecule has 2 heteroatoms. The number of aryl methyl sites for hydroxylation is 1. The molecule has 0 spiro atoms. The van der Waals surface area contributed by atoms with Crippen LogP contribution < -0.4 is 5.73 Å². The highest BCUT2D eigenvalue weighted by Gasteiger charge is 2.19. The first-order valence-corrected chi connectivity index (χ1v) is 7.02. The molecule has 1 atom stereocenters. The van der Waals surface area contributed by atoms with E-state index in [-0.39, 0.29) is 11.5 Å². The first-order chi connectivity index (χ1) is 8.82. The monoisotopic (exact) mass is 256 g/mol. The number of pyridine rings is 1. The molecule has 2 N–H and O–H groups in total. The molecule has 0 saturated carbocycles. The minimum atomic E-state index is 0.0266. The Morgan fingerprint density at radius 1 is 1.21 bits per heavy atom. The van der Waals surface area contributed by atoms with Crippen LogP contribution >= 0.6 is 0 Å². The van der Waals surface area contributed by atoms with Gasteiger partial charge in [-0.15, -0.1) is 0 Å². The summed E-state index contributed by atoms with van der Waals surface area (Å²) < 4.78 is 0. The molecule has 1 aromatic heterocycles. The third-order valence-corrected chi connectivity index (χ3v) is 3.57. The summed E-state index contributed by atoms with van der Waals surface area (Å²) in [6, 6.07) is 8.71. The predicted molar refractivity (Wildman–Crippen MR) is 82.4 cm³/mol. The second-order valence-corrected chi connectivity index (χ2v) is 6.34. The summed E-state index contributed by atoms with van der Waals surface area (Å²) in [4.78, 5) is 4.81. The van der Waals surface area contributed by atoms with Crippen LogP contribution in [0.15, 0.2) is 24.3 Å². The van der Waals surface area contributed by atoms with Gasteiger partial charge < -0.3 is 5.73 Å². The Kier molecular flexibility index (Phi) is 3.64. The quantitative estimate of drug-likeness (QED) is 0.878. The Bertz CT molecular complexity index is 592. The van der Waals surface area contributed by atoms with Crippen LogP contribution in [0.5, 0.6) is 0 Å². The zero-order chi connectivity index (χ0) is 14.2. The van der Waals surface area contributed by atoms with Gasteiger partial charge in [0.25, 0.3) is 0 Å². The van der Waals surface area contributed by atoms with Crippen molar-refractivity contribution < 1.29 is 0 Å². The van der Waals surface area contributed by atoms with Crippen molar-refractivity contribution >= 4 is 10.9 Å². The molecule has 1 aromatic carbocycles. The van der Waals surface area contributed by atoms with E-state index < -0.39 is 0 Å². The smallest absolute Gasteiger partial charge is 0.0709 e. The summed E-state index contributed by atoms with van der Waals surface area (Å²) in [7, 11) is 0. The zero-order valence-electron chi connectivity index (χ0n) is 12.6. The molecular formula is C17H24N2. The lowest BCUT2D eigenvalue weighted by molar-refractivity contribution is 0.569. The van der Waals surface area contributed by atoms with Crippen molar-refractivity contribution in [1.82, 2.24) is 4.98 Å². The molecule has 0 bridgehead atoms. The Morgan fingerprint density at radius 2 is 1.89 bits per heavy atom. The van der Waals surface area contributed by atoms with Crippen LogP contribution in [0.2, 0.25) is 0 Å². The number of rotatable bonds is 2. The summed E-state index contributed by atoms with van der Waals surface area (Å²) in [5.41, 5.74) is 10.9. The van der Waals surface area contributed by atoms with Crippen LogP contribution in [-0.2, 0) is 11.8 Å². The summed E-state index contributed by atoms with van der Waals surface area (Å²) in [6.45, 7) is 10.8. The van der Waals surface area contributed by atoms with Gasteiger partial charge in [-0.2, -0.15) is 0 Å². The zero-order valence-corrected chi connectivity index (χ0v) is 12.6. The van der Waals surface area contributed by atoms with E-state index in [4.69, 9.17) is 10.7 Å². The van der Waals surface area contributed by atoms with E-state index in [9.17, 15) is 0 Å². The molecule has 2 nitrogen and oxygen atoms in total. The van der Waals surface area contributed by atoms with Crippen LogP contribution in [0.3, 0.4) is 0 Å². The molecule has 0 saturated heterocycles. The molecule has 1 heterocycles. The number of fused-ring (bicyclic) bond motifs is 1. The van der Waals surface area contributed by atoms with Crippen LogP contribution in [0, 0.1) is 0 Å². The van der Waals surface area contributed by atoms with Gasteiger partial charge in [-0.1, -0.05) is 33.8 Å². The average Bonchev–Trinajstić information content (AvgIpc) is 2.35. The van der Waals surface area contributed by atoms with Crippen molar-refractivity contribution in [2.24, 2.45) is 5.73 Å². The van der Waals surface area contributed by atoms with Crippen LogP contribution in [0.4, 0.5) is 0 Å². The number of hydrogen-bond donors (Lipinski definition) is 1. The highest BCUT2D eigenvalue weighted by atomic mass is 14.7. The van der Waals surface area contributed by atoms with Gasteiger partial charge in [0.1, 0.15) is 0 Å². The van der Waals surface area contributed by atoms with Gasteiger partial charge in [-0.3, -0.25) is 4.98 Å². The summed E-state index contributed by atoms with van der Waals surface area (Å²) in [5.74, 6) is 0. The minimum Gasteiger partial charge on any atom is -0.324 e. The van der Waals surface area contributed by atoms with E-state index >= 15 is 0 Å². The number of benzene rings is 1. The molecule has 2 aromatic rings. The van der Waals surface area contributed by atoms with E-state index in [1.54, 1.807) is 0 Å². The molecule has 0 aliphatic rings. The Labute approximate surface area is 116 Å². The second kappa shape index (κ2) is 4.93. The van der Waals surface area contributed by atoms with Gasteiger partial charge >= 0.3 is 0 Å². The second-order valence-electron chi connectivity index (χ2n) is 6.34. The van der Waals surface area contributed by atoms with Crippen LogP contribution in [0.1, 0.15) is 57.5 Å². The van der Waals surface area contributed by atoms with Crippen molar-refractivity contribution in [2.45, 2.75) is 52.5 Å². The Morgan fingerprint density at radius 3 is 2.42 bits per heavy atom. The van der Waals surface area contributed by atoms with Gasteiger partial charge in [0, 0.05) is 22.5 Å². The largest absolute Gasteiger partial charge is 0.324 e. The van der Waals surface area contributed by atoms with Crippen molar-refractivity contribution in [1.29, 1.82) is 0 Å². The average molecular weight is 256 g/mol. The molecule has 0 amide bonds. The van der Waals surface area contributed by atoms with E-state index in [1.807, 2.05) is 6.92 Å². The standard InChI is InChI=1S/C17H24N2/c1-6-12-7-8-15-14(9-12)13(11(2)18)10-16(19-15)17(3,4)5/h7-11H,6,18H2,1-5H3. The highest BCUT2D eigenvalue weighted by Crippen LogP contribution is 2.29. The maximum Gasteiger partial charge on any atom is 0.0709 e. The maximum absolute atomic E-state index is 6.16. The van der Waals surface area contributed by atoms with Crippen molar-refractivity contribution in [2.75, 3.05) is 0 Å². The lowest BCUT2D eigenvalue weighted by atomic mass is 9.88. The van der Waals surface area contributed by atoms with Crippen molar-refractivity contribution in [3.63, 3.8) is 0 Å². The summed E-state index contributed by atoms with van der Waals surface area (Å²) in [5, 5.41) is 1.20. The predicted octanol–water partition coefficient (Wildman–Crippen LogP) is 4.11. The van der Waals surface area contributed by atoms with Crippen molar-refractivity contribution in [3.8, 4) is 0 Å². The molecule has 0 radical (unpaired) electrons. The number of nitrogens with two attached hydrogens (primary N) is 1. The highest BCUT2D eigenvalue weighted by molar-refractivity contribution is 5.83. The Balaban J connectivity index is 2.75. The fraction of sp³-hybridized carbons (Fsp3) is 0.471. The SMILES string of the molecule is CCc1ccc2nc(C(C)(C)C)cc(C(C)N)c2c1. The fourth-order valence-electron chi connectivity index (χ4n) is 2.28. The third-order valence-electron chi connectivity index (χ3n) is 3.57.